The molecule has 1 aromatic heterocycles. The molecule has 0 N–H and O–H groups in total. The SMILES string of the molecule is COC(=O)c1csc(N2CCCN(C(=O)OC(C)(C)C)CC2)n1. The standard InChI is InChI=1S/C15H23N3O4S/c1-15(2,3)22-14(20)18-7-5-6-17(8-9-18)13-16-11(10-23-13)12(19)21-4/h10H,5-9H2,1-4H3. The lowest BCUT2D eigenvalue weighted by Crippen LogP contribution is -2.39. The van der Waals surface area contributed by atoms with Gasteiger partial charge >= 0.3 is 12.1 Å². The van der Waals surface area contributed by atoms with Crippen molar-refractivity contribution in [3.05, 3.63) is 11.1 Å². The predicted octanol–water partition coefficient (Wildman–Crippen LogP) is 2.38. The molecule has 1 aliphatic rings. The summed E-state index contributed by atoms with van der Waals surface area (Å²) in [5.74, 6) is -0.433. The van der Waals surface area contributed by atoms with Gasteiger partial charge in [0.15, 0.2) is 10.8 Å². The van der Waals surface area contributed by atoms with Crippen LogP contribution in [0.5, 0.6) is 0 Å². The number of ether oxygens (including phenoxy) is 2. The number of amides is 1. The van der Waals surface area contributed by atoms with E-state index >= 15 is 0 Å². The Kier molecular flexibility index (Phi) is 5.46. The largest absolute Gasteiger partial charge is 0.464 e. The Morgan fingerprint density at radius 3 is 2.61 bits per heavy atom. The van der Waals surface area contributed by atoms with Crippen molar-refractivity contribution in [2.24, 2.45) is 0 Å². The van der Waals surface area contributed by atoms with Gasteiger partial charge in [-0.25, -0.2) is 14.6 Å². The number of anilines is 1. The summed E-state index contributed by atoms with van der Waals surface area (Å²) in [5.41, 5.74) is -0.172. The van der Waals surface area contributed by atoms with Gasteiger partial charge in [0.1, 0.15) is 5.60 Å². The van der Waals surface area contributed by atoms with Gasteiger partial charge in [0.2, 0.25) is 0 Å². The molecule has 2 heterocycles. The van der Waals surface area contributed by atoms with E-state index in [-0.39, 0.29) is 6.09 Å². The van der Waals surface area contributed by atoms with Gasteiger partial charge in [-0.3, -0.25) is 0 Å². The molecular formula is C15H23N3O4S. The number of carbonyl (C=O) groups excluding carboxylic acids is 2. The molecule has 0 aliphatic carbocycles. The second kappa shape index (κ2) is 7.16. The van der Waals surface area contributed by atoms with Crippen LogP contribution in [0.3, 0.4) is 0 Å². The van der Waals surface area contributed by atoms with Crippen LogP contribution in [-0.4, -0.2) is 60.8 Å². The van der Waals surface area contributed by atoms with E-state index in [1.54, 1.807) is 10.3 Å². The fourth-order valence-electron chi connectivity index (χ4n) is 2.23. The molecule has 1 amide bonds. The third-order valence-corrected chi connectivity index (χ3v) is 4.21. The van der Waals surface area contributed by atoms with Crippen molar-refractivity contribution in [3.8, 4) is 0 Å². The van der Waals surface area contributed by atoms with E-state index in [0.717, 1.165) is 18.1 Å². The first kappa shape index (κ1) is 17.5. The van der Waals surface area contributed by atoms with Crippen LogP contribution in [0.4, 0.5) is 9.93 Å². The number of hydrogen-bond acceptors (Lipinski definition) is 7. The van der Waals surface area contributed by atoms with Crippen molar-refractivity contribution in [2.75, 3.05) is 38.2 Å². The molecule has 8 heteroatoms. The number of aromatic nitrogens is 1. The Balaban J connectivity index is 1.97. The lowest BCUT2D eigenvalue weighted by Gasteiger charge is -2.26. The highest BCUT2D eigenvalue weighted by Crippen LogP contribution is 2.22. The monoisotopic (exact) mass is 341 g/mol. The van der Waals surface area contributed by atoms with E-state index in [0.29, 0.717) is 25.3 Å². The van der Waals surface area contributed by atoms with Gasteiger partial charge in [0.25, 0.3) is 0 Å². The summed E-state index contributed by atoms with van der Waals surface area (Å²) in [7, 11) is 1.34. The Morgan fingerprint density at radius 1 is 1.22 bits per heavy atom. The fraction of sp³-hybridized carbons (Fsp3) is 0.667. The van der Waals surface area contributed by atoms with E-state index in [4.69, 9.17) is 4.74 Å². The number of thiazole rings is 1. The third-order valence-electron chi connectivity index (χ3n) is 3.30. The average molecular weight is 341 g/mol. The van der Waals surface area contributed by atoms with Crippen LogP contribution < -0.4 is 4.90 Å². The van der Waals surface area contributed by atoms with Crippen molar-refractivity contribution in [1.29, 1.82) is 0 Å². The lowest BCUT2D eigenvalue weighted by molar-refractivity contribution is 0.0263. The van der Waals surface area contributed by atoms with E-state index in [2.05, 4.69) is 14.6 Å². The number of esters is 1. The lowest BCUT2D eigenvalue weighted by atomic mass is 10.2. The molecule has 0 atom stereocenters. The summed E-state index contributed by atoms with van der Waals surface area (Å²) in [6.07, 6.45) is 0.542. The van der Waals surface area contributed by atoms with Gasteiger partial charge in [0, 0.05) is 31.6 Å². The molecule has 1 aliphatic heterocycles. The summed E-state index contributed by atoms with van der Waals surface area (Å²) < 4.78 is 10.1. The first-order valence-corrected chi connectivity index (χ1v) is 8.45. The zero-order valence-electron chi connectivity index (χ0n) is 14.0. The van der Waals surface area contributed by atoms with Gasteiger partial charge in [-0.2, -0.15) is 0 Å². The molecule has 1 aromatic rings. The van der Waals surface area contributed by atoms with E-state index in [1.807, 2.05) is 20.8 Å². The topological polar surface area (TPSA) is 72.0 Å². The van der Waals surface area contributed by atoms with E-state index < -0.39 is 11.6 Å². The summed E-state index contributed by atoms with van der Waals surface area (Å²) >= 11 is 1.41. The third kappa shape index (κ3) is 4.82. The number of rotatable bonds is 2. The Morgan fingerprint density at radius 2 is 1.96 bits per heavy atom. The molecule has 0 bridgehead atoms. The van der Waals surface area contributed by atoms with Crippen molar-refractivity contribution in [2.45, 2.75) is 32.8 Å². The molecule has 0 spiro atoms. The molecule has 1 fully saturated rings. The van der Waals surface area contributed by atoms with Gasteiger partial charge in [-0.05, 0) is 27.2 Å². The van der Waals surface area contributed by atoms with Crippen LogP contribution in [0.2, 0.25) is 0 Å². The van der Waals surface area contributed by atoms with Gasteiger partial charge in [0.05, 0.1) is 7.11 Å². The highest BCUT2D eigenvalue weighted by molar-refractivity contribution is 7.13. The zero-order valence-corrected chi connectivity index (χ0v) is 14.8. The normalized spacial score (nSPS) is 16.0. The summed E-state index contributed by atoms with van der Waals surface area (Å²) in [6.45, 7) is 8.25. The molecule has 7 nitrogen and oxygen atoms in total. The minimum Gasteiger partial charge on any atom is -0.464 e. The first-order chi connectivity index (χ1) is 10.8. The van der Waals surface area contributed by atoms with Crippen LogP contribution in [0, 0.1) is 0 Å². The maximum atomic E-state index is 12.2. The smallest absolute Gasteiger partial charge is 0.410 e. The molecule has 1 saturated heterocycles. The highest BCUT2D eigenvalue weighted by Gasteiger charge is 2.25. The van der Waals surface area contributed by atoms with Gasteiger partial charge < -0.3 is 19.3 Å². The maximum Gasteiger partial charge on any atom is 0.410 e. The molecule has 0 saturated carbocycles. The first-order valence-electron chi connectivity index (χ1n) is 7.57. The quantitative estimate of drug-likeness (QED) is 0.769. The molecule has 0 aromatic carbocycles. The van der Waals surface area contributed by atoms with Crippen LogP contribution in [0.25, 0.3) is 0 Å². The van der Waals surface area contributed by atoms with Crippen molar-refractivity contribution in [3.63, 3.8) is 0 Å². The minimum absolute atomic E-state index is 0.284. The second-order valence-electron chi connectivity index (χ2n) is 6.31. The Hall–Kier alpha value is -1.83. The molecule has 0 radical (unpaired) electrons. The molecule has 128 valence electrons. The number of methoxy groups -OCH3 is 1. The van der Waals surface area contributed by atoms with Crippen LogP contribution >= 0.6 is 11.3 Å². The van der Waals surface area contributed by atoms with Crippen LogP contribution in [0.15, 0.2) is 5.38 Å². The number of hydrogen-bond donors (Lipinski definition) is 0. The summed E-state index contributed by atoms with van der Waals surface area (Å²) in [4.78, 5) is 31.8. The van der Waals surface area contributed by atoms with E-state index in [1.165, 1.54) is 18.4 Å². The minimum atomic E-state index is -0.492. The van der Waals surface area contributed by atoms with Crippen LogP contribution in [0.1, 0.15) is 37.7 Å². The number of nitrogens with zero attached hydrogens (tertiary/aromatic N) is 3. The van der Waals surface area contributed by atoms with Gasteiger partial charge in [-0.15, -0.1) is 11.3 Å². The average Bonchev–Trinajstić information content (AvgIpc) is 2.82. The molecule has 23 heavy (non-hydrogen) atoms. The van der Waals surface area contributed by atoms with E-state index in [9.17, 15) is 9.59 Å². The fourth-order valence-corrected chi connectivity index (χ4v) is 3.07. The number of carbonyl (C=O) groups is 2. The van der Waals surface area contributed by atoms with Crippen molar-refractivity contribution in [1.82, 2.24) is 9.88 Å². The Labute approximate surface area is 140 Å². The molecule has 0 unspecified atom stereocenters. The van der Waals surface area contributed by atoms with Crippen LogP contribution in [-0.2, 0) is 9.47 Å². The van der Waals surface area contributed by atoms with Crippen molar-refractivity contribution >= 4 is 28.5 Å². The van der Waals surface area contributed by atoms with Crippen molar-refractivity contribution < 1.29 is 19.1 Å². The molecular weight excluding hydrogens is 318 g/mol. The zero-order chi connectivity index (χ0) is 17.0. The van der Waals surface area contributed by atoms with Gasteiger partial charge in [-0.1, -0.05) is 0 Å². The summed E-state index contributed by atoms with van der Waals surface area (Å²) in [5, 5.41) is 2.47. The second-order valence-corrected chi connectivity index (χ2v) is 7.15. The maximum absolute atomic E-state index is 12.2. The highest BCUT2D eigenvalue weighted by atomic mass is 32.1. The molecule has 2 rings (SSSR count). The predicted molar refractivity (Wildman–Crippen MR) is 88.1 cm³/mol. The Bertz CT molecular complexity index is 567. The summed E-state index contributed by atoms with van der Waals surface area (Å²) in [6, 6.07) is 0.